The average Bonchev–Trinajstić information content (AvgIpc) is 2.51. The lowest BCUT2D eigenvalue weighted by molar-refractivity contribution is -0.125. The maximum Gasteiger partial charge on any atom is 0.400 e. The van der Waals surface area contributed by atoms with Gasteiger partial charge in [0, 0.05) is 6.54 Å². The van der Waals surface area contributed by atoms with Crippen LogP contribution in [0.15, 0.2) is 4.34 Å². The van der Waals surface area contributed by atoms with Crippen molar-refractivity contribution in [2.75, 3.05) is 11.9 Å². The van der Waals surface area contributed by atoms with Gasteiger partial charge in [0.15, 0.2) is 4.34 Å². The number of nitrogens with zero attached hydrogens (tertiary/aromatic N) is 2. The van der Waals surface area contributed by atoms with E-state index >= 15 is 0 Å². The Kier molecular flexibility index (Phi) is 4.21. The number of aromatic nitrogens is 2. The molecule has 0 aliphatic heterocycles. The molecule has 1 N–H and O–H groups in total. The van der Waals surface area contributed by atoms with E-state index in [0.29, 0.717) is 27.8 Å². The third-order valence-electron chi connectivity index (χ3n) is 1.47. The third kappa shape index (κ3) is 3.86. The van der Waals surface area contributed by atoms with Crippen LogP contribution in [0.1, 0.15) is 13.8 Å². The van der Waals surface area contributed by atoms with E-state index in [2.05, 4.69) is 15.5 Å². The molecule has 0 spiro atoms. The summed E-state index contributed by atoms with van der Waals surface area (Å²) in [6.07, 6.45) is -4.20. The van der Waals surface area contributed by atoms with Crippen LogP contribution in [0.2, 0.25) is 0 Å². The molecule has 1 rings (SSSR count). The molecule has 3 nitrogen and oxygen atoms in total. The van der Waals surface area contributed by atoms with Gasteiger partial charge in [-0.15, -0.1) is 10.2 Å². The lowest BCUT2D eigenvalue weighted by Crippen LogP contribution is -2.21. The summed E-state index contributed by atoms with van der Waals surface area (Å²) in [6, 6.07) is 0. The van der Waals surface area contributed by atoms with Crippen molar-refractivity contribution >= 4 is 28.2 Å². The minimum atomic E-state index is -4.20. The smallest absolute Gasteiger partial charge is 0.360 e. The second-order valence-corrected chi connectivity index (χ2v) is 5.27. The molecule has 1 heterocycles. The maximum atomic E-state index is 12.2. The summed E-state index contributed by atoms with van der Waals surface area (Å²) in [6.45, 7) is 3.67. The molecule has 0 fully saturated rings. The number of nitrogens with one attached hydrogen (secondary N) is 1. The number of halogens is 3. The van der Waals surface area contributed by atoms with Crippen LogP contribution in [0.25, 0.3) is 0 Å². The Morgan fingerprint density at radius 3 is 2.67 bits per heavy atom. The van der Waals surface area contributed by atoms with Gasteiger partial charge in [0.25, 0.3) is 0 Å². The van der Waals surface area contributed by atoms with E-state index in [4.69, 9.17) is 0 Å². The lowest BCUT2D eigenvalue weighted by atomic mass is 10.5. The predicted octanol–water partition coefficient (Wildman–Crippen LogP) is 3.01. The minimum absolute atomic E-state index is 0.329. The van der Waals surface area contributed by atoms with Crippen molar-refractivity contribution in [2.24, 2.45) is 0 Å². The summed E-state index contributed by atoms with van der Waals surface area (Å²) >= 11 is 1.81. The SMILES string of the molecule is CCNc1nnc(S[C@@H](C)C(F)(F)F)s1. The molecule has 0 aliphatic carbocycles. The van der Waals surface area contributed by atoms with E-state index in [0.717, 1.165) is 18.3 Å². The van der Waals surface area contributed by atoms with Crippen LogP contribution in [0.4, 0.5) is 18.3 Å². The lowest BCUT2D eigenvalue weighted by Gasteiger charge is -2.12. The molecule has 86 valence electrons. The summed E-state index contributed by atoms with van der Waals surface area (Å²) in [5, 5.41) is 9.35. The minimum Gasteiger partial charge on any atom is -0.360 e. The van der Waals surface area contributed by atoms with Crippen LogP contribution in [0.5, 0.6) is 0 Å². The molecule has 1 aromatic rings. The molecule has 0 bridgehead atoms. The molecule has 0 unspecified atom stereocenters. The van der Waals surface area contributed by atoms with Crippen LogP contribution < -0.4 is 5.32 Å². The summed E-state index contributed by atoms with van der Waals surface area (Å²) in [4.78, 5) is 0. The van der Waals surface area contributed by atoms with Crippen molar-refractivity contribution in [3.8, 4) is 0 Å². The summed E-state index contributed by atoms with van der Waals surface area (Å²) < 4.78 is 37.0. The van der Waals surface area contributed by atoms with Crippen LogP contribution in [-0.2, 0) is 0 Å². The van der Waals surface area contributed by atoms with Gasteiger partial charge in [-0.05, 0) is 13.8 Å². The number of rotatable bonds is 4. The number of alkyl halides is 3. The zero-order valence-corrected chi connectivity index (χ0v) is 9.76. The highest BCUT2D eigenvalue weighted by atomic mass is 32.2. The first-order valence-corrected chi connectivity index (χ1v) is 5.94. The quantitative estimate of drug-likeness (QED) is 0.841. The molecule has 15 heavy (non-hydrogen) atoms. The van der Waals surface area contributed by atoms with Crippen molar-refractivity contribution in [3.05, 3.63) is 0 Å². The second-order valence-electron chi connectivity index (χ2n) is 2.71. The highest BCUT2D eigenvalue weighted by molar-refractivity contribution is 8.01. The molecule has 0 aromatic carbocycles. The van der Waals surface area contributed by atoms with Crippen molar-refractivity contribution in [3.63, 3.8) is 0 Å². The molecular formula is C7H10F3N3S2. The Labute approximate surface area is 93.5 Å². The maximum absolute atomic E-state index is 12.2. The van der Waals surface area contributed by atoms with Gasteiger partial charge < -0.3 is 5.32 Å². The predicted molar refractivity (Wildman–Crippen MR) is 55.4 cm³/mol. The third-order valence-corrected chi connectivity index (χ3v) is 3.59. The van der Waals surface area contributed by atoms with Gasteiger partial charge in [-0.1, -0.05) is 23.1 Å². The summed E-state index contributed by atoms with van der Waals surface area (Å²) in [5.41, 5.74) is 0. The zero-order valence-electron chi connectivity index (χ0n) is 8.13. The van der Waals surface area contributed by atoms with Crippen molar-refractivity contribution in [1.82, 2.24) is 10.2 Å². The molecular weight excluding hydrogens is 247 g/mol. The van der Waals surface area contributed by atoms with Crippen LogP contribution >= 0.6 is 23.1 Å². The van der Waals surface area contributed by atoms with Crippen molar-refractivity contribution in [2.45, 2.75) is 29.6 Å². The van der Waals surface area contributed by atoms with Gasteiger partial charge in [0.2, 0.25) is 5.13 Å². The highest BCUT2D eigenvalue weighted by Crippen LogP contribution is 2.36. The average molecular weight is 257 g/mol. The number of anilines is 1. The van der Waals surface area contributed by atoms with E-state index in [9.17, 15) is 13.2 Å². The zero-order chi connectivity index (χ0) is 11.5. The van der Waals surface area contributed by atoms with Gasteiger partial charge in [-0.2, -0.15) is 13.2 Å². The van der Waals surface area contributed by atoms with Gasteiger partial charge >= 0.3 is 6.18 Å². The Balaban J connectivity index is 2.57. The first-order valence-electron chi connectivity index (χ1n) is 4.24. The summed E-state index contributed by atoms with van der Waals surface area (Å²) in [5.74, 6) is 0. The topological polar surface area (TPSA) is 37.8 Å². The largest absolute Gasteiger partial charge is 0.400 e. The van der Waals surface area contributed by atoms with Crippen molar-refractivity contribution in [1.29, 1.82) is 0 Å². The molecule has 0 saturated carbocycles. The number of hydrogen-bond acceptors (Lipinski definition) is 5. The van der Waals surface area contributed by atoms with Gasteiger partial charge in [0.1, 0.15) is 5.25 Å². The Morgan fingerprint density at radius 1 is 1.47 bits per heavy atom. The Hall–Kier alpha value is -0.500. The van der Waals surface area contributed by atoms with Gasteiger partial charge in [0.05, 0.1) is 0 Å². The van der Waals surface area contributed by atoms with E-state index < -0.39 is 11.4 Å². The van der Waals surface area contributed by atoms with Gasteiger partial charge in [-0.3, -0.25) is 0 Å². The van der Waals surface area contributed by atoms with E-state index in [1.54, 1.807) is 0 Å². The molecule has 0 radical (unpaired) electrons. The Morgan fingerprint density at radius 2 is 2.13 bits per heavy atom. The second kappa shape index (κ2) is 5.02. The van der Waals surface area contributed by atoms with E-state index in [1.165, 1.54) is 0 Å². The first-order chi connectivity index (χ1) is 6.93. The highest BCUT2D eigenvalue weighted by Gasteiger charge is 2.37. The van der Waals surface area contributed by atoms with Crippen LogP contribution in [-0.4, -0.2) is 28.2 Å². The fourth-order valence-corrected chi connectivity index (χ4v) is 2.63. The fraction of sp³-hybridized carbons (Fsp3) is 0.714. The Bertz CT molecular complexity index is 313. The summed E-state index contributed by atoms with van der Waals surface area (Å²) in [7, 11) is 0. The first kappa shape index (κ1) is 12.6. The van der Waals surface area contributed by atoms with Crippen molar-refractivity contribution < 1.29 is 13.2 Å². The molecule has 1 atom stereocenters. The molecule has 8 heteroatoms. The molecule has 0 aliphatic rings. The molecule has 0 amide bonds. The van der Waals surface area contributed by atoms with Gasteiger partial charge in [-0.25, -0.2) is 0 Å². The van der Waals surface area contributed by atoms with Crippen LogP contribution in [0, 0.1) is 0 Å². The monoisotopic (exact) mass is 257 g/mol. The van der Waals surface area contributed by atoms with E-state index in [1.807, 2.05) is 6.92 Å². The fourth-order valence-electron chi connectivity index (χ4n) is 0.698. The number of hydrogen-bond donors (Lipinski definition) is 1. The van der Waals surface area contributed by atoms with Crippen LogP contribution in [0.3, 0.4) is 0 Å². The standard InChI is InChI=1S/C7H10F3N3S2/c1-3-11-5-12-13-6(15-5)14-4(2)7(8,9)10/h4H,3H2,1-2H3,(H,11,12)/t4-/m0/s1. The number of thioether (sulfide) groups is 1. The molecule has 0 saturated heterocycles. The van der Waals surface area contributed by atoms with E-state index in [-0.39, 0.29) is 0 Å². The normalized spacial score (nSPS) is 13.9. The molecule has 1 aromatic heterocycles.